The van der Waals surface area contributed by atoms with Gasteiger partial charge in [-0.3, -0.25) is 4.57 Å². The number of halogens is 3. The molecule has 0 fully saturated rings. The van der Waals surface area contributed by atoms with Gasteiger partial charge in [-0.1, -0.05) is 46.9 Å². The van der Waals surface area contributed by atoms with Crippen molar-refractivity contribution in [1.29, 1.82) is 0 Å². The van der Waals surface area contributed by atoms with Crippen LogP contribution in [0.25, 0.3) is 0 Å². The Hall–Kier alpha value is -1.76. The fourth-order valence-electron chi connectivity index (χ4n) is 2.64. The molecule has 1 heterocycles. The topological polar surface area (TPSA) is 45.5 Å². The van der Waals surface area contributed by atoms with Crippen molar-refractivity contribution in [3.05, 3.63) is 82.9 Å². The number of alkyl halides is 1. The van der Waals surface area contributed by atoms with Crippen LogP contribution in [0.2, 0.25) is 10.0 Å². The van der Waals surface area contributed by atoms with Crippen LogP contribution in [0.1, 0.15) is 5.56 Å². The first-order valence-corrected chi connectivity index (χ1v) is 10.2. The molecular formula is C21H21Cl3N2O3. The third kappa shape index (κ3) is 6.91. The molecule has 3 rings (SSSR count). The van der Waals surface area contributed by atoms with E-state index < -0.39 is 5.18 Å². The van der Waals surface area contributed by atoms with E-state index in [0.717, 1.165) is 11.3 Å². The van der Waals surface area contributed by atoms with Crippen molar-refractivity contribution < 1.29 is 14.2 Å². The summed E-state index contributed by atoms with van der Waals surface area (Å²) in [5.41, 5.74) is 0.996. The SMILES string of the molecule is Clc1ccc(CC(Cl)(OCCOCCOc2ccc(Cl)cc2)n2ccnc2)cc1. The van der Waals surface area contributed by atoms with Gasteiger partial charge in [-0.25, -0.2) is 4.98 Å². The zero-order valence-electron chi connectivity index (χ0n) is 15.6. The van der Waals surface area contributed by atoms with Crippen molar-refractivity contribution in [2.24, 2.45) is 0 Å². The van der Waals surface area contributed by atoms with E-state index in [0.29, 0.717) is 42.9 Å². The minimum absolute atomic E-state index is 0.316. The van der Waals surface area contributed by atoms with Crippen LogP contribution in [-0.4, -0.2) is 36.0 Å². The van der Waals surface area contributed by atoms with Gasteiger partial charge in [0.1, 0.15) is 12.4 Å². The van der Waals surface area contributed by atoms with Crippen LogP contribution in [0.5, 0.6) is 5.75 Å². The monoisotopic (exact) mass is 454 g/mol. The molecule has 8 heteroatoms. The zero-order chi connectivity index (χ0) is 20.5. The van der Waals surface area contributed by atoms with Crippen LogP contribution in [-0.2, 0) is 21.1 Å². The first kappa shape index (κ1) is 21.9. The van der Waals surface area contributed by atoms with Gasteiger partial charge in [0.2, 0.25) is 5.18 Å². The summed E-state index contributed by atoms with van der Waals surface area (Å²) in [6.07, 6.45) is 5.50. The number of imidazole rings is 1. The molecule has 0 radical (unpaired) electrons. The van der Waals surface area contributed by atoms with E-state index in [2.05, 4.69) is 4.98 Å². The summed E-state index contributed by atoms with van der Waals surface area (Å²) in [7, 11) is 0. The molecule has 5 nitrogen and oxygen atoms in total. The summed E-state index contributed by atoms with van der Waals surface area (Å²) >= 11 is 18.6. The van der Waals surface area contributed by atoms with Gasteiger partial charge in [0.15, 0.2) is 0 Å². The molecule has 0 aliphatic rings. The molecule has 3 aromatic rings. The maximum atomic E-state index is 6.79. The summed E-state index contributed by atoms with van der Waals surface area (Å²) in [5, 5.41) is 0.242. The largest absolute Gasteiger partial charge is 0.491 e. The number of nitrogens with zero attached hydrogens (tertiary/aromatic N) is 2. The van der Waals surface area contributed by atoms with E-state index in [9.17, 15) is 0 Å². The van der Waals surface area contributed by atoms with Gasteiger partial charge in [0.25, 0.3) is 0 Å². The fourth-order valence-corrected chi connectivity index (χ4v) is 3.22. The molecule has 1 atom stereocenters. The molecule has 0 amide bonds. The van der Waals surface area contributed by atoms with E-state index in [-0.39, 0.29) is 0 Å². The number of benzene rings is 2. The Labute approximate surface area is 185 Å². The second kappa shape index (κ2) is 10.9. The van der Waals surface area contributed by atoms with Gasteiger partial charge in [-0.15, -0.1) is 0 Å². The Bertz CT molecular complexity index is 858. The minimum atomic E-state index is -1.10. The van der Waals surface area contributed by atoms with Crippen molar-refractivity contribution in [3.63, 3.8) is 0 Å². The lowest BCUT2D eigenvalue weighted by molar-refractivity contribution is -0.0633. The van der Waals surface area contributed by atoms with Gasteiger partial charge in [-0.05, 0) is 42.0 Å². The van der Waals surface area contributed by atoms with Crippen molar-refractivity contribution in [2.75, 3.05) is 26.4 Å². The molecule has 0 spiro atoms. The number of rotatable bonds is 11. The second-order valence-corrected chi connectivity index (χ2v) is 7.69. The van der Waals surface area contributed by atoms with Gasteiger partial charge in [-0.2, -0.15) is 0 Å². The van der Waals surface area contributed by atoms with Crippen LogP contribution >= 0.6 is 34.8 Å². The Morgan fingerprint density at radius 2 is 1.52 bits per heavy atom. The highest BCUT2D eigenvalue weighted by Crippen LogP contribution is 2.29. The Balaban J connectivity index is 1.44. The molecule has 154 valence electrons. The Kier molecular flexibility index (Phi) is 8.21. The highest BCUT2D eigenvalue weighted by atomic mass is 35.5. The molecule has 29 heavy (non-hydrogen) atoms. The average molecular weight is 456 g/mol. The summed E-state index contributed by atoms with van der Waals surface area (Å²) in [6.45, 7) is 1.56. The van der Waals surface area contributed by atoms with E-state index in [1.807, 2.05) is 36.4 Å². The highest BCUT2D eigenvalue weighted by molar-refractivity contribution is 6.30. The summed E-state index contributed by atoms with van der Waals surface area (Å²) in [4.78, 5) is 4.07. The lowest BCUT2D eigenvalue weighted by Crippen LogP contribution is -2.33. The molecule has 0 aliphatic heterocycles. The standard InChI is InChI=1S/C21H21Cl3N2O3/c22-18-3-1-17(2-4-18)15-21(24,26-10-9-25-16-26)29-14-12-27-11-13-28-20-7-5-19(23)6-8-20/h1-10,16H,11-15H2. The highest BCUT2D eigenvalue weighted by Gasteiger charge is 2.30. The molecular weight excluding hydrogens is 435 g/mol. The van der Waals surface area contributed by atoms with Gasteiger partial charge < -0.3 is 14.2 Å². The van der Waals surface area contributed by atoms with E-state index in [4.69, 9.17) is 49.0 Å². The molecule has 0 aliphatic carbocycles. The maximum Gasteiger partial charge on any atom is 0.227 e. The first-order chi connectivity index (χ1) is 14.0. The summed E-state index contributed by atoms with van der Waals surface area (Å²) in [6, 6.07) is 14.7. The van der Waals surface area contributed by atoms with Crippen molar-refractivity contribution >= 4 is 34.8 Å². The third-order valence-corrected chi connectivity index (χ3v) is 5.03. The van der Waals surface area contributed by atoms with E-state index >= 15 is 0 Å². The molecule has 0 saturated carbocycles. The first-order valence-electron chi connectivity index (χ1n) is 9.07. The second-order valence-electron chi connectivity index (χ2n) is 6.23. The van der Waals surface area contributed by atoms with Crippen molar-refractivity contribution in [2.45, 2.75) is 11.6 Å². The third-order valence-electron chi connectivity index (χ3n) is 4.09. The van der Waals surface area contributed by atoms with E-state index in [1.165, 1.54) is 0 Å². The number of aromatic nitrogens is 2. The normalized spacial score (nSPS) is 13.2. The molecule has 0 N–H and O–H groups in total. The summed E-state index contributed by atoms with van der Waals surface area (Å²) in [5.74, 6) is 0.747. The smallest absolute Gasteiger partial charge is 0.227 e. The zero-order valence-corrected chi connectivity index (χ0v) is 17.9. The number of ether oxygens (including phenoxy) is 3. The van der Waals surface area contributed by atoms with Crippen molar-refractivity contribution in [1.82, 2.24) is 9.55 Å². The number of hydrogen-bond donors (Lipinski definition) is 0. The van der Waals surface area contributed by atoms with Gasteiger partial charge in [0, 0.05) is 28.9 Å². The average Bonchev–Trinajstić information content (AvgIpc) is 3.26. The van der Waals surface area contributed by atoms with Gasteiger partial charge >= 0.3 is 0 Å². The quantitative estimate of drug-likeness (QED) is 0.287. The number of hydrogen-bond acceptors (Lipinski definition) is 4. The van der Waals surface area contributed by atoms with Gasteiger partial charge in [0.05, 0.1) is 26.1 Å². The van der Waals surface area contributed by atoms with E-state index in [1.54, 1.807) is 35.4 Å². The maximum absolute atomic E-state index is 6.79. The Morgan fingerprint density at radius 3 is 2.17 bits per heavy atom. The van der Waals surface area contributed by atoms with Crippen molar-refractivity contribution in [3.8, 4) is 5.75 Å². The molecule has 1 unspecified atom stereocenters. The molecule has 0 saturated heterocycles. The predicted octanol–water partition coefficient (Wildman–Crippen LogP) is 5.39. The van der Waals surface area contributed by atoms with Crippen LogP contribution in [0.4, 0.5) is 0 Å². The fraction of sp³-hybridized carbons (Fsp3) is 0.286. The molecule has 1 aromatic heterocycles. The summed E-state index contributed by atoms with van der Waals surface area (Å²) < 4.78 is 18.9. The predicted molar refractivity (Wildman–Crippen MR) is 115 cm³/mol. The molecule has 2 aromatic carbocycles. The lowest BCUT2D eigenvalue weighted by atomic mass is 10.1. The van der Waals surface area contributed by atoms with Crippen LogP contribution in [0.15, 0.2) is 67.3 Å². The van der Waals surface area contributed by atoms with Crippen LogP contribution < -0.4 is 4.74 Å². The van der Waals surface area contributed by atoms with Crippen LogP contribution in [0, 0.1) is 0 Å². The Morgan fingerprint density at radius 1 is 0.862 bits per heavy atom. The lowest BCUT2D eigenvalue weighted by Gasteiger charge is -2.29. The van der Waals surface area contributed by atoms with Crippen LogP contribution in [0.3, 0.4) is 0 Å². The minimum Gasteiger partial charge on any atom is -0.491 e. The molecule has 0 bridgehead atoms.